The number of Topliss-reactive ketones (excluding diaryl/α,β-unsaturated/α-hetero) is 1. The van der Waals surface area contributed by atoms with Crippen molar-refractivity contribution >= 4 is 23.6 Å². The summed E-state index contributed by atoms with van der Waals surface area (Å²) >= 11 is 0. The van der Waals surface area contributed by atoms with E-state index in [1.807, 2.05) is 56.3 Å². The minimum atomic E-state index is -2.20. The summed E-state index contributed by atoms with van der Waals surface area (Å²) in [5.74, 6) is -6.44. The predicted octanol–water partition coefficient (Wildman–Crippen LogP) is 3.87. The molecule has 3 aliphatic heterocycles. The maximum atomic E-state index is 14.7. The third-order valence-electron chi connectivity index (χ3n) is 14.4. The summed E-state index contributed by atoms with van der Waals surface area (Å²) in [6.45, 7) is 15.7. The molecule has 1 amide bonds. The fourth-order valence-corrected chi connectivity index (χ4v) is 10.3. The van der Waals surface area contributed by atoms with Crippen molar-refractivity contribution in [3.05, 3.63) is 35.9 Å². The number of ketones is 1. The van der Waals surface area contributed by atoms with Crippen LogP contribution >= 0.6 is 0 Å². The Morgan fingerprint density at radius 1 is 0.881 bits per heavy atom. The maximum Gasteiger partial charge on any atom is 0.311 e. The van der Waals surface area contributed by atoms with Gasteiger partial charge in [-0.1, -0.05) is 51.1 Å². The number of ether oxygens (including phenoxy) is 7. The summed E-state index contributed by atoms with van der Waals surface area (Å²) in [6, 6.07) is 9.62. The third-order valence-corrected chi connectivity index (χ3v) is 14.4. The van der Waals surface area contributed by atoms with Crippen molar-refractivity contribution in [3.8, 4) is 0 Å². The molecule has 1 aromatic rings. The van der Waals surface area contributed by atoms with Crippen LogP contribution in [0.3, 0.4) is 0 Å². The van der Waals surface area contributed by atoms with Crippen LogP contribution in [-0.2, 0) is 58.8 Å². The number of cyclic esters (lactones) is 1. The second kappa shape index (κ2) is 24.1. The highest BCUT2D eigenvalue weighted by atomic mass is 16.7. The third kappa shape index (κ3) is 14.5. The number of rotatable bonds is 15. The van der Waals surface area contributed by atoms with E-state index >= 15 is 0 Å². The van der Waals surface area contributed by atoms with E-state index in [1.165, 1.54) is 40.4 Å². The molecule has 0 aromatic heterocycles. The van der Waals surface area contributed by atoms with Gasteiger partial charge in [0.1, 0.15) is 23.6 Å². The number of benzene rings is 1. The smallest absolute Gasteiger partial charge is 0.311 e. The van der Waals surface area contributed by atoms with Gasteiger partial charge in [0, 0.05) is 57.6 Å². The van der Waals surface area contributed by atoms with Gasteiger partial charge in [-0.25, -0.2) is 0 Å². The maximum absolute atomic E-state index is 14.7. The standard InChI is InChI=1S/C50H82N2O15/c1-28-26-48(8,59)45(67-47-42(64-34(7)53)36(52(11)12)25-29(2)62-47)31(4)41(66-39-27-49(9,61-13)44(57)33(6)63-39)32(5)46(58)65-37(50(10,60)43(56)30(3)40(28)55)23-24-51-38(54)22-18-17-21-35-19-15-14-16-20-35/h14-16,19-20,28-33,36-37,39,41-45,47,56-57,59-60H,17-18,21-27H2,1-13H3,(H,51,54)/t28-,29-,30+,31+,32-,33+,36+,37-,39+,41+,42-,43-,44+,45-,47+,48-,49-,50-/m1/s1. The summed E-state index contributed by atoms with van der Waals surface area (Å²) in [7, 11) is 5.16. The lowest BCUT2D eigenvalue weighted by atomic mass is 9.74. The van der Waals surface area contributed by atoms with Gasteiger partial charge in [-0.2, -0.15) is 0 Å². The minimum Gasteiger partial charge on any atom is -0.459 e. The number of hydrogen-bond donors (Lipinski definition) is 5. The average molecular weight is 951 g/mol. The Bertz CT molecular complexity index is 1760. The molecule has 3 heterocycles. The number of unbranched alkanes of at least 4 members (excludes halogenated alkanes) is 1. The lowest BCUT2D eigenvalue weighted by Crippen LogP contribution is -2.61. The highest BCUT2D eigenvalue weighted by Gasteiger charge is 2.54. The highest BCUT2D eigenvalue weighted by Crippen LogP contribution is 2.41. The number of amides is 1. The van der Waals surface area contributed by atoms with Crippen molar-refractivity contribution in [1.29, 1.82) is 0 Å². The number of nitrogens with zero attached hydrogens (tertiary/aromatic N) is 1. The number of esters is 2. The van der Waals surface area contributed by atoms with Gasteiger partial charge in [0.15, 0.2) is 18.7 Å². The van der Waals surface area contributed by atoms with Gasteiger partial charge in [-0.05, 0) is 93.3 Å². The van der Waals surface area contributed by atoms with Crippen molar-refractivity contribution in [2.24, 2.45) is 23.7 Å². The first-order valence-electron chi connectivity index (χ1n) is 24.1. The molecule has 0 aliphatic carbocycles. The topological polar surface area (TPSA) is 229 Å². The van der Waals surface area contributed by atoms with E-state index in [-0.39, 0.29) is 50.3 Å². The van der Waals surface area contributed by atoms with Crippen LogP contribution in [0, 0.1) is 23.7 Å². The number of carbonyl (C=O) groups is 4. The average Bonchev–Trinajstić information content (AvgIpc) is 3.26. The van der Waals surface area contributed by atoms with Crippen LogP contribution in [0.4, 0.5) is 0 Å². The van der Waals surface area contributed by atoms with E-state index in [2.05, 4.69) is 5.32 Å². The molecule has 382 valence electrons. The van der Waals surface area contributed by atoms with Crippen LogP contribution in [0.5, 0.6) is 0 Å². The second-order valence-electron chi connectivity index (χ2n) is 20.5. The van der Waals surface area contributed by atoms with Crippen LogP contribution < -0.4 is 5.32 Å². The van der Waals surface area contributed by atoms with Gasteiger partial charge >= 0.3 is 11.9 Å². The highest BCUT2D eigenvalue weighted by molar-refractivity contribution is 5.83. The molecule has 3 saturated heterocycles. The number of nitrogens with one attached hydrogen (secondary N) is 1. The van der Waals surface area contributed by atoms with E-state index < -0.39 is 114 Å². The molecule has 0 spiro atoms. The van der Waals surface area contributed by atoms with Crippen LogP contribution in [0.15, 0.2) is 30.3 Å². The summed E-state index contributed by atoms with van der Waals surface area (Å²) in [5, 5.41) is 50.6. The Balaban J connectivity index is 1.75. The lowest BCUT2D eigenvalue weighted by Gasteiger charge is -2.49. The fraction of sp³-hybridized carbons (Fsp3) is 0.800. The molecule has 5 N–H and O–H groups in total. The first kappa shape index (κ1) is 56.5. The molecule has 18 atom stereocenters. The molecule has 0 saturated carbocycles. The van der Waals surface area contributed by atoms with E-state index in [0.29, 0.717) is 12.8 Å². The Kier molecular flexibility index (Phi) is 20.4. The first-order valence-corrected chi connectivity index (χ1v) is 24.1. The molecular formula is C50H82N2O15. The largest absolute Gasteiger partial charge is 0.459 e. The zero-order valence-corrected chi connectivity index (χ0v) is 42.1. The van der Waals surface area contributed by atoms with E-state index in [1.54, 1.807) is 34.6 Å². The van der Waals surface area contributed by atoms with Crippen molar-refractivity contribution < 1.29 is 72.8 Å². The van der Waals surface area contributed by atoms with E-state index in [4.69, 9.17) is 33.2 Å². The number of carbonyl (C=O) groups excluding carboxylic acids is 4. The molecular weight excluding hydrogens is 869 g/mol. The van der Waals surface area contributed by atoms with E-state index in [9.17, 15) is 39.6 Å². The Morgan fingerprint density at radius 3 is 2.15 bits per heavy atom. The SMILES string of the molecule is CO[C@]1(C)C[C@H](O[C@H]2[C@H](C)[C@@H](O[C@@H]3O[C@H](C)C[C@H](N(C)C)[C@H]3OC(C)=O)[C@](C)(O)C[C@@H](C)C(=O)[C@H](C)[C@@H](O)[C@](C)(O)[C@@H](CCNC(=O)CCCCc3ccccc3)OC(=O)[C@@H]2C)O[C@@H](C)[C@@H]1O. The Morgan fingerprint density at radius 2 is 1.54 bits per heavy atom. The zero-order chi connectivity index (χ0) is 50.2. The molecule has 17 nitrogen and oxygen atoms in total. The van der Waals surface area contributed by atoms with E-state index in [0.717, 1.165) is 12.8 Å². The molecule has 1 aromatic carbocycles. The normalized spacial score (nSPS) is 40.4. The van der Waals surface area contributed by atoms with Gasteiger partial charge in [0.05, 0.1) is 53.7 Å². The zero-order valence-electron chi connectivity index (χ0n) is 42.1. The number of aliphatic hydroxyl groups excluding tert-OH is 2. The predicted molar refractivity (Wildman–Crippen MR) is 247 cm³/mol. The Hall–Kier alpha value is -3.10. The summed E-state index contributed by atoms with van der Waals surface area (Å²) in [6.07, 6.45) is -8.43. The number of hydrogen-bond acceptors (Lipinski definition) is 16. The van der Waals surface area contributed by atoms with Crippen molar-refractivity contribution in [2.75, 3.05) is 27.7 Å². The van der Waals surface area contributed by atoms with Gasteiger partial charge < -0.3 is 63.8 Å². The molecule has 0 unspecified atom stereocenters. The van der Waals surface area contributed by atoms with Crippen LogP contribution in [-0.4, -0.2) is 161 Å². The van der Waals surface area contributed by atoms with Gasteiger partial charge in [-0.15, -0.1) is 0 Å². The molecule has 3 fully saturated rings. The van der Waals surface area contributed by atoms with Crippen molar-refractivity contribution in [3.63, 3.8) is 0 Å². The van der Waals surface area contributed by atoms with Crippen LogP contribution in [0.2, 0.25) is 0 Å². The number of likely N-dealkylation sites (N-methyl/N-ethyl adjacent to an activating group) is 1. The Labute approximate surface area is 397 Å². The van der Waals surface area contributed by atoms with Gasteiger partial charge in [-0.3, -0.25) is 19.2 Å². The van der Waals surface area contributed by atoms with Gasteiger partial charge in [0.2, 0.25) is 5.91 Å². The molecule has 67 heavy (non-hydrogen) atoms. The minimum absolute atomic E-state index is 0.0243. The number of aliphatic hydroxyl groups is 4. The molecule has 17 heteroatoms. The summed E-state index contributed by atoms with van der Waals surface area (Å²) in [5.41, 5.74) is -4.04. The van der Waals surface area contributed by atoms with Crippen molar-refractivity contribution in [2.45, 2.75) is 205 Å². The first-order chi connectivity index (χ1) is 31.2. The fourth-order valence-electron chi connectivity index (χ4n) is 10.3. The molecule has 3 aliphatic rings. The summed E-state index contributed by atoms with van der Waals surface area (Å²) < 4.78 is 44.0. The van der Waals surface area contributed by atoms with Crippen LogP contribution in [0.1, 0.15) is 120 Å². The monoisotopic (exact) mass is 951 g/mol. The van der Waals surface area contributed by atoms with Crippen LogP contribution in [0.25, 0.3) is 0 Å². The lowest BCUT2D eigenvalue weighted by molar-refractivity contribution is -0.318. The molecule has 0 radical (unpaired) electrons. The quantitative estimate of drug-likeness (QED) is 0.124. The molecule has 0 bridgehead atoms. The van der Waals surface area contributed by atoms with Gasteiger partial charge in [0.25, 0.3) is 0 Å². The van der Waals surface area contributed by atoms with Crippen molar-refractivity contribution in [1.82, 2.24) is 10.2 Å². The molecule has 4 rings (SSSR count). The second-order valence-corrected chi connectivity index (χ2v) is 20.5. The number of methoxy groups -OCH3 is 1. The summed E-state index contributed by atoms with van der Waals surface area (Å²) in [4.78, 5) is 56.5. The number of aryl methyl sites for hydroxylation is 1.